The van der Waals surface area contributed by atoms with Gasteiger partial charge in [0.05, 0.1) is 5.56 Å². The molecule has 1 aliphatic heterocycles. The summed E-state index contributed by atoms with van der Waals surface area (Å²) in [5, 5.41) is 0. The van der Waals surface area contributed by atoms with Crippen LogP contribution in [0.3, 0.4) is 0 Å². The van der Waals surface area contributed by atoms with Crippen LogP contribution in [0, 0.1) is 5.82 Å². The summed E-state index contributed by atoms with van der Waals surface area (Å²) >= 11 is 3.32. The number of carbonyl (C=O) groups is 3. The summed E-state index contributed by atoms with van der Waals surface area (Å²) < 4.78 is 14.7. The topological polar surface area (TPSA) is 57.7 Å². The van der Waals surface area contributed by atoms with Crippen LogP contribution in [0.15, 0.2) is 53.0 Å². The molecule has 0 N–H and O–H groups in total. The van der Waals surface area contributed by atoms with Gasteiger partial charge in [0.15, 0.2) is 5.78 Å². The van der Waals surface area contributed by atoms with Crippen LogP contribution in [0.4, 0.5) is 4.39 Å². The normalized spacial score (nSPS) is 14.1. The van der Waals surface area contributed by atoms with Crippen LogP contribution in [0.25, 0.3) is 0 Å². The molecule has 2 amide bonds. The number of Topliss-reactive ketones (excluding diaryl/α,β-unsaturated/α-hetero) is 1. The summed E-state index contributed by atoms with van der Waals surface area (Å²) in [4.78, 5) is 40.2. The highest BCUT2D eigenvalue weighted by molar-refractivity contribution is 9.10. The van der Waals surface area contributed by atoms with Gasteiger partial charge in [-0.1, -0.05) is 40.2 Å². The predicted octanol–water partition coefficient (Wildman–Crippen LogP) is 3.54. The standard InChI is InChI=1S/C21H20BrFN2O3/c22-16-7-5-15(6-8-16)19(26)9-10-20(27)24-11-13-25(14-12-24)21(28)17-3-1-2-4-18(17)23/h1-8H,9-14H2. The number of benzene rings is 2. The van der Waals surface area contributed by atoms with Gasteiger partial charge in [0, 0.05) is 49.1 Å². The Labute approximate surface area is 171 Å². The minimum absolute atomic E-state index is 0.0439. The Hall–Kier alpha value is -2.54. The van der Waals surface area contributed by atoms with Gasteiger partial charge >= 0.3 is 0 Å². The second-order valence-corrected chi connectivity index (χ2v) is 7.50. The summed E-state index contributed by atoms with van der Waals surface area (Å²) in [5.74, 6) is -1.09. The predicted molar refractivity (Wildman–Crippen MR) is 107 cm³/mol. The highest BCUT2D eigenvalue weighted by Crippen LogP contribution is 2.15. The number of hydrogen-bond donors (Lipinski definition) is 0. The van der Waals surface area contributed by atoms with Gasteiger partial charge in [0.1, 0.15) is 5.82 Å². The molecular formula is C21H20BrFN2O3. The van der Waals surface area contributed by atoms with E-state index in [0.717, 1.165) is 4.47 Å². The minimum Gasteiger partial charge on any atom is -0.339 e. The quantitative estimate of drug-likeness (QED) is 0.659. The van der Waals surface area contributed by atoms with Crippen molar-refractivity contribution in [1.29, 1.82) is 0 Å². The van der Waals surface area contributed by atoms with E-state index in [9.17, 15) is 18.8 Å². The van der Waals surface area contributed by atoms with E-state index in [1.165, 1.54) is 18.2 Å². The zero-order chi connectivity index (χ0) is 20.1. The van der Waals surface area contributed by atoms with Crippen molar-refractivity contribution in [2.75, 3.05) is 26.2 Å². The molecule has 28 heavy (non-hydrogen) atoms. The molecule has 2 aromatic rings. The number of nitrogens with zero attached hydrogens (tertiary/aromatic N) is 2. The zero-order valence-electron chi connectivity index (χ0n) is 15.2. The highest BCUT2D eigenvalue weighted by atomic mass is 79.9. The van der Waals surface area contributed by atoms with Gasteiger partial charge in [-0.05, 0) is 24.3 Å². The molecule has 1 saturated heterocycles. The van der Waals surface area contributed by atoms with Crippen molar-refractivity contribution in [3.63, 3.8) is 0 Å². The van der Waals surface area contributed by atoms with E-state index in [4.69, 9.17) is 0 Å². The van der Waals surface area contributed by atoms with E-state index in [1.54, 1.807) is 40.1 Å². The van der Waals surface area contributed by atoms with Crippen molar-refractivity contribution in [3.05, 3.63) is 69.9 Å². The zero-order valence-corrected chi connectivity index (χ0v) is 16.8. The third-order valence-electron chi connectivity index (χ3n) is 4.76. The first-order chi connectivity index (χ1) is 13.5. The minimum atomic E-state index is -0.544. The Bertz CT molecular complexity index is 877. The van der Waals surface area contributed by atoms with E-state index in [1.807, 2.05) is 0 Å². The molecule has 7 heteroatoms. The summed E-state index contributed by atoms with van der Waals surface area (Å²) in [6, 6.07) is 12.9. The lowest BCUT2D eigenvalue weighted by atomic mass is 10.1. The molecule has 0 saturated carbocycles. The number of ketones is 1. The van der Waals surface area contributed by atoms with Crippen molar-refractivity contribution in [2.24, 2.45) is 0 Å². The van der Waals surface area contributed by atoms with E-state index < -0.39 is 5.82 Å². The van der Waals surface area contributed by atoms with Crippen LogP contribution in [0.5, 0.6) is 0 Å². The fraction of sp³-hybridized carbons (Fsp3) is 0.286. The van der Waals surface area contributed by atoms with Crippen LogP contribution in [-0.4, -0.2) is 53.6 Å². The molecule has 0 atom stereocenters. The molecule has 0 bridgehead atoms. The molecule has 1 heterocycles. The molecule has 3 rings (SSSR count). The maximum Gasteiger partial charge on any atom is 0.256 e. The van der Waals surface area contributed by atoms with Crippen molar-refractivity contribution >= 4 is 33.5 Å². The summed E-state index contributed by atoms with van der Waals surface area (Å²) in [5.41, 5.74) is 0.624. The third kappa shape index (κ3) is 4.84. The first-order valence-corrected chi connectivity index (χ1v) is 9.85. The van der Waals surface area contributed by atoms with E-state index in [2.05, 4.69) is 15.9 Å². The third-order valence-corrected chi connectivity index (χ3v) is 5.28. The Kier molecular flexibility index (Phi) is 6.57. The van der Waals surface area contributed by atoms with E-state index in [0.29, 0.717) is 31.7 Å². The van der Waals surface area contributed by atoms with E-state index >= 15 is 0 Å². The van der Waals surface area contributed by atoms with E-state index in [-0.39, 0.29) is 36.0 Å². The van der Waals surface area contributed by atoms with Crippen LogP contribution < -0.4 is 0 Å². The van der Waals surface area contributed by atoms with Crippen molar-refractivity contribution in [2.45, 2.75) is 12.8 Å². The average Bonchev–Trinajstić information content (AvgIpc) is 2.72. The van der Waals surface area contributed by atoms with Gasteiger partial charge < -0.3 is 9.80 Å². The molecule has 146 valence electrons. The molecule has 0 unspecified atom stereocenters. The largest absolute Gasteiger partial charge is 0.339 e. The Morgan fingerprint density at radius 3 is 2.11 bits per heavy atom. The Balaban J connectivity index is 1.48. The number of piperazine rings is 1. The molecule has 0 spiro atoms. The summed E-state index contributed by atoms with van der Waals surface area (Å²) in [6.07, 6.45) is 0.283. The number of rotatable bonds is 5. The molecule has 2 aromatic carbocycles. The molecule has 0 aliphatic carbocycles. The monoisotopic (exact) mass is 446 g/mol. The number of carbonyl (C=O) groups excluding carboxylic acids is 3. The lowest BCUT2D eigenvalue weighted by Gasteiger charge is -2.35. The molecule has 5 nitrogen and oxygen atoms in total. The molecule has 0 radical (unpaired) electrons. The average molecular weight is 447 g/mol. The van der Waals surface area contributed by atoms with Gasteiger partial charge in [-0.15, -0.1) is 0 Å². The molecule has 1 aliphatic rings. The van der Waals surface area contributed by atoms with Crippen LogP contribution >= 0.6 is 15.9 Å². The van der Waals surface area contributed by atoms with Crippen LogP contribution in [0.1, 0.15) is 33.6 Å². The van der Waals surface area contributed by atoms with Crippen molar-refractivity contribution in [1.82, 2.24) is 9.80 Å². The first-order valence-electron chi connectivity index (χ1n) is 9.06. The first kappa shape index (κ1) is 20.2. The lowest BCUT2D eigenvalue weighted by Crippen LogP contribution is -2.50. The smallest absolute Gasteiger partial charge is 0.256 e. The Morgan fingerprint density at radius 1 is 0.857 bits per heavy atom. The van der Waals surface area contributed by atoms with Crippen LogP contribution in [-0.2, 0) is 4.79 Å². The number of halogens is 2. The van der Waals surface area contributed by atoms with Gasteiger partial charge in [-0.3, -0.25) is 14.4 Å². The van der Waals surface area contributed by atoms with Crippen molar-refractivity contribution in [3.8, 4) is 0 Å². The fourth-order valence-corrected chi connectivity index (χ4v) is 3.39. The molecule has 1 fully saturated rings. The maximum absolute atomic E-state index is 13.8. The number of amides is 2. The SMILES string of the molecule is O=C(CCC(=O)N1CCN(C(=O)c2ccccc2F)CC1)c1ccc(Br)cc1. The fourth-order valence-electron chi connectivity index (χ4n) is 3.12. The highest BCUT2D eigenvalue weighted by Gasteiger charge is 2.26. The molecule has 0 aromatic heterocycles. The van der Waals surface area contributed by atoms with Gasteiger partial charge in [-0.25, -0.2) is 4.39 Å². The second-order valence-electron chi connectivity index (χ2n) is 6.58. The van der Waals surface area contributed by atoms with Crippen molar-refractivity contribution < 1.29 is 18.8 Å². The second kappa shape index (κ2) is 9.10. The summed E-state index contributed by atoms with van der Waals surface area (Å²) in [6.45, 7) is 1.45. The lowest BCUT2D eigenvalue weighted by molar-refractivity contribution is -0.132. The van der Waals surface area contributed by atoms with Gasteiger partial charge in [0.25, 0.3) is 5.91 Å². The number of hydrogen-bond acceptors (Lipinski definition) is 3. The van der Waals surface area contributed by atoms with Crippen LogP contribution in [0.2, 0.25) is 0 Å². The maximum atomic E-state index is 13.8. The molecular weight excluding hydrogens is 427 g/mol. The Morgan fingerprint density at radius 2 is 1.46 bits per heavy atom. The van der Waals surface area contributed by atoms with Gasteiger partial charge in [0.2, 0.25) is 5.91 Å². The van der Waals surface area contributed by atoms with Gasteiger partial charge in [-0.2, -0.15) is 0 Å². The summed E-state index contributed by atoms with van der Waals surface area (Å²) in [7, 11) is 0.